The van der Waals surface area contributed by atoms with E-state index in [4.69, 9.17) is 11.5 Å². The molecular weight excluding hydrogens is 224 g/mol. The zero-order valence-electron chi connectivity index (χ0n) is 9.79. The smallest absolute Gasteiger partial charge is 0.338 e. The van der Waals surface area contributed by atoms with Crippen LogP contribution >= 0.6 is 0 Å². The third-order valence-corrected chi connectivity index (χ3v) is 2.05. The second kappa shape index (κ2) is 7.26. The van der Waals surface area contributed by atoms with Gasteiger partial charge < -0.3 is 15.2 Å². The zero-order valence-corrected chi connectivity index (χ0v) is 9.79. The Balaban J connectivity index is 4.17. The lowest BCUT2D eigenvalue weighted by Gasteiger charge is -2.17. The highest BCUT2D eigenvalue weighted by Crippen LogP contribution is 1.98. The molecule has 0 aliphatic rings. The number of carbonyl (C=O) groups is 2. The van der Waals surface area contributed by atoms with Crippen molar-refractivity contribution in [3.63, 3.8) is 0 Å². The Morgan fingerprint density at radius 1 is 1.47 bits per heavy atom. The fourth-order valence-corrected chi connectivity index (χ4v) is 1.06. The molecule has 0 rings (SSSR count). The highest BCUT2D eigenvalue weighted by Gasteiger charge is 2.12. The Labute approximate surface area is 99.6 Å². The first-order valence-electron chi connectivity index (χ1n) is 5.11. The summed E-state index contributed by atoms with van der Waals surface area (Å²) < 4.78 is 0. The summed E-state index contributed by atoms with van der Waals surface area (Å²) in [6, 6.07) is 0. The van der Waals surface area contributed by atoms with E-state index in [0.29, 0.717) is 12.1 Å². The minimum atomic E-state index is -1.23. The van der Waals surface area contributed by atoms with Crippen LogP contribution in [-0.2, 0) is 9.59 Å². The molecule has 1 amide bonds. The predicted octanol–water partition coefficient (Wildman–Crippen LogP) is -4.21. The molecule has 0 bridgehead atoms. The number of amides is 1. The largest absolute Gasteiger partial charge is 0.550 e. The number of guanidine groups is 1. The van der Waals surface area contributed by atoms with Crippen LogP contribution in [0, 0.1) is 5.92 Å². The van der Waals surface area contributed by atoms with Crippen molar-refractivity contribution in [2.45, 2.75) is 13.3 Å². The first kappa shape index (κ1) is 14.9. The number of rotatable bonds is 7. The fraction of sp³-hybridized carbons (Fsp3) is 0.500. The number of carbonyl (C=O) groups excluding carboxylic acids is 2. The van der Waals surface area contributed by atoms with Gasteiger partial charge in [0.2, 0.25) is 5.91 Å². The monoisotopic (exact) mass is 242 g/mol. The Hall–Kier alpha value is -2.05. The fourth-order valence-electron chi connectivity index (χ4n) is 1.06. The van der Waals surface area contributed by atoms with Crippen LogP contribution in [0.2, 0.25) is 0 Å². The number of hydrogen-bond donors (Lipinski definition) is 4. The van der Waals surface area contributed by atoms with E-state index in [9.17, 15) is 14.7 Å². The number of nitrogens with two attached hydrogens (primary N) is 2. The second-order valence-corrected chi connectivity index (χ2v) is 3.68. The summed E-state index contributed by atoms with van der Waals surface area (Å²) in [6.07, 6.45) is 0.247. The standard InChI is InChI=1S/C10H18N4O3/c1-6(2)8(15)14-5-7(9(16)17)3-4-13-10(11)12/h7H,1,3-5H2,2H3,(H,14,15)(H,16,17)(H4,11,12,13). The number of nitrogens with one attached hydrogen (secondary N) is 2. The van der Waals surface area contributed by atoms with Gasteiger partial charge in [0.25, 0.3) is 0 Å². The Bertz CT molecular complexity index is 334. The Morgan fingerprint density at radius 3 is 2.47 bits per heavy atom. The van der Waals surface area contributed by atoms with E-state index in [2.05, 4.69) is 16.9 Å². The number of hydrogen-bond acceptors (Lipinski definition) is 3. The summed E-state index contributed by atoms with van der Waals surface area (Å²) in [5.74, 6) is -2.39. The van der Waals surface area contributed by atoms with Gasteiger partial charge in [0.05, 0.1) is 6.54 Å². The molecular formula is C10H18N4O3. The molecule has 7 nitrogen and oxygen atoms in total. The van der Waals surface area contributed by atoms with E-state index in [0.717, 1.165) is 0 Å². The summed E-state index contributed by atoms with van der Waals surface area (Å²) in [5, 5.41) is 13.2. The van der Waals surface area contributed by atoms with Crippen LogP contribution in [0.5, 0.6) is 0 Å². The third-order valence-electron chi connectivity index (χ3n) is 2.05. The van der Waals surface area contributed by atoms with Crippen molar-refractivity contribution in [1.29, 1.82) is 0 Å². The van der Waals surface area contributed by atoms with Crippen LogP contribution in [0.15, 0.2) is 12.2 Å². The summed E-state index contributed by atoms with van der Waals surface area (Å²) in [5.41, 5.74) is 10.6. The van der Waals surface area contributed by atoms with Crippen molar-refractivity contribution in [2.24, 2.45) is 17.4 Å². The summed E-state index contributed by atoms with van der Waals surface area (Å²) in [4.78, 5) is 24.5. The van der Waals surface area contributed by atoms with Crippen molar-refractivity contribution in [3.8, 4) is 0 Å². The molecule has 0 aromatic carbocycles. The van der Waals surface area contributed by atoms with E-state index < -0.39 is 11.9 Å². The number of carboxylic acids is 1. The van der Waals surface area contributed by atoms with E-state index in [1.165, 1.54) is 6.92 Å². The van der Waals surface area contributed by atoms with Crippen LogP contribution in [-0.4, -0.2) is 30.9 Å². The number of carboxylic acid groups (broad SMARTS) is 1. The second-order valence-electron chi connectivity index (χ2n) is 3.68. The van der Waals surface area contributed by atoms with Crippen molar-refractivity contribution in [2.75, 3.05) is 13.1 Å². The Kier molecular flexibility index (Phi) is 6.39. The first-order valence-corrected chi connectivity index (χ1v) is 5.11. The molecule has 96 valence electrons. The lowest BCUT2D eigenvalue weighted by atomic mass is 10.1. The maximum atomic E-state index is 11.2. The van der Waals surface area contributed by atoms with Crippen LogP contribution in [0.1, 0.15) is 13.3 Å². The van der Waals surface area contributed by atoms with Crippen LogP contribution < -0.4 is 26.9 Å². The molecule has 0 saturated heterocycles. The highest BCUT2D eigenvalue weighted by atomic mass is 16.4. The SMILES string of the molecule is C=C(C)C(=O)NCC(CC[NH+]=C(N)N)C(=O)[O-]. The maximum absolute atomic E-state index is 11.2. The van der Waals surface area contributed by atoms with E-state index >= 15 is 0 Å². The average molecular weight is 242 g/mol. The van der Waals surface area contributed by atoms with Crippen LogP contribution in [0.3, 0.4) is 0 Å². The summed E-state index contributed by atoms with van der Waals surface area (Å²) in [6.45, 7) is 5.26. The van der Waals surface area contributed by atoms with Gasteiger partial charge >= 0.3 is 5.96 Å². The molecule has 0 heterocycles. The van der Waals surface area contributed by atoms with Crippen molar-refractivity contribution >= 4 is 17.8 Å². The molecule has 0 spiro atoms. The molecule has 0 aliphatic carbocycles. The molecule has 0 aromatic rings. The quantitative estimate of drug-likeness (QED) is 0.204. The molecule has 0 fully saturated rings. The van der Waals surface area contributed by atoms with E-state index in [1.54, 1.807) is 0 Å². The van der Waals surface area contributed by atoms with Crippen LogP contribution in [0.25, 0.3) is 0 Å². The molecule has 1 atom stereocenters. The lowest BCUT2D eigenvalue weighted by Crippen LogP contribution is -2.78. The highest BCUT2D eigenvalue weighted by molar-refractivity contribution is 5.92. The number of aliphatic carboxylic acids is 1. The van der Waals surface area contributed by atoms with Gasteiger partial charge in [0.1, 0.15) is 0 Å². The van der Waals surface area contributed by atoms with Gasteiger partial charge in [-0.05, 0) is 13.3 Å². The van der Waals surface area contributed by atoms with Gasteiger partial charge in [-0.1, -0.05) is 6.58 Å². The van der Waals surface area contributed by atoms with Crippen LogP contribution in [0.4, 0.5) is 0 Å². The molecule has 0 aromatic heterocycles. The van der Waals surface area contributed by atoms with Gasteiger partial charge in [-0.3, -0.25) is 21.3 Å². The zero-order chi connectivity index (χ0) is 13.4. The van der Waals surface area contributed by atoms with Gasteiger partial charge in [0.15, 0.2) is 0 Å². The lowest BCUT2D eigenvalue weighted by molar-refractivity contribution is -0.461. The topological polar surface area (TPSA) is 135 Å². The molecule has 17 heavy (non-hydrogen) atoms. The minimum absolute atomic E-state index is 0.0137. The Morgan fingerprint density at radius 2 is 2.06 bits per heavy atom. The average Bonchev–Trinajstić information content (AvgIpc) is 2.21. The first-order chi connectivity index (χ1) is 7.84. The molecule has 0 aliphatic heterocycles. The minimum Gasteiger partial charge on any atom is -0.550 e. The third kappa shape index (κ3) is 6.93. The van der Waals surface area contributed by atoms with Gasteiger partial charge in [0, 0.05) is 24.0 Å². The van der Waals surface area contributed by atoms with E-state index in [1.807, 2.05) is 0 Å². The molecule has 0 saturated carbocycles. The van der Waals surface area contributed by atoms with Gasteiger partial charge in [-0.25, -0.2) is 0 Å². The van der Waals surface area contributed by atoms with Gasteiger partial charge in [-0.2, -0.15) is 0 Å². The van der Waals surface area contributed by atoms with Crippen molar-refractivity contribution in [3.05, 3.63) is 12.2 Å². The molecule has 0 radical (unpaired) electrons. The van der Waals surface area contributed by atoms with Crippen molar-refractivity contribution < 1.29 is 19.7 Å². The summed E-state index contributed by atoms with van der Waals surface area (Å²) >= 11 is 0. The predicted molar refractivity (Wildman–Crippen MR) is 60.1 cm³/mol. The summed E-state index contributed by atoms with van der Waals surface area (Å²) in [7, 11) is 0. The maximum Gasteiger partial charge on any atom is 0.338 e. The molecule has 6 N–H and O–H groups in total. The normalized spacial score (nSPS) is 11.4. The molecule has 1 unspecified atom stereocenters. The van der Waals surface area contributed by atoms with E-state index in [-0.39, 0.29) is 24.8 Å². The molecule has 7 heteroatoms. The van der Waals surface area contributed by atoms with Gasteiger partial charge in [-0.15, -0.1) is 0 Å². The van der Waals surface area contributed by atoms with Crippen molar-refractivity contribution in [1.82, 2.24) is 5.32 Å².